The van der Waals surface area contributed by atoms with Crippen LogP contribution in [0.5, 0.6) is 0 Å². The van der Waals surface area contributed by atoms with E-state index in [2.05, 4.69) is 46.8 Å². The normalized spacial score (nSPS) is 12.0. The zero-order valence-electron chi connectivity index (χ0n) is 12.0. The molecule has 0 aliphatic carbocycles. The monoisotopic (exact) mass is 240 g/mol. The van der Waals surface area contributed by atoms with E-state index in [4.69, 9.17) is 4.74 Å². The van der Waals surface area contributed by atoms with Gasteiger partial charge in [-0.25, -0.2) is 0 Å². The van der Waals surface area contributed by atoms with Crippen molar-refractivity contribution in [1.29, 1.82) is 0 Å². The van der Waals surface area contributed by atoms with Gasteiger partial charge in [0.25, 0.3) is 0 Å². The van der Waals surface area contributed by atoms with Gasteiger partial charge < -0.3 is 4.74 Å². The molecular formula is C15H28O2. The summed E-state index contributed by atoms with van der Waals surface area (Å²) in [6.45, 7) is 10.5. The van der Waals surface area contributed by atoms with Gasteiger partial charge in [0.15, 0.2) is 0 Å². The third kappa shape index (κ3) is 8.00. The maximum absolute atomic E-state index is 11.6. The maximum Gasteiger partial charge on any atom is 0.306 e. The molecular weight excluding hydrogens is 212 g/mol. The zero-order valence-corrected chi connectivity index (χ0v) is 12.0. The lowest BCUT2D eigenvalue weighted by Gasteiger charge is -2.24. The zero-order chi connectivity index (χ0) is 13.3. The van der Waals surface area contributed by atoms with Crippen LogP contribution in [0.2, 0.25) is 0 Å². The van der Waals surface area contributed by atoms with Gasteiger partial charge in [-0.05, 0) is 31.1 Å². The fraction of sp³-hybridized carbons (Fsp3) is 0.800. The number of carbonyl (C=O) groups is 1. The minimum absolute atomic E-state index is 0.0497. The standard InChI is InChI=1S/C15H28O2/c1-6-7-8-9-10-11-14(16)17-15(12(2)3)13(4)5/h7-8,12-13,15H,6,9-11H2,1-5H3/b8-7+. The van der Waals surface area contributed by atoms with Crippen LogP contribution in [0.1, 0.15) is 60.3 Å². The van der Waals surface area contributed by atoms with Crippen molar-refractivity contribution in [2.75, 3.05) is 0 Å². The molecule has 0 radical (unpaired) electrons. The quantitative estimate of drug-likeness (QED) is 0.358. The van der Waals surface area contributed by atoms with Crippen molar-refractivity contribution >= 4 is 5.97 Å². The van der Waals surface area contributed by atoms with Crippen molar-refractivity contribution in [3.05, 3.63) is 12.2 Å². The van der Waals surface area contributed by atoms with Crippen molar-refractivity contribution < 1.29 is 9.53 Å². The van der Waals surface area contributed by atoms with E-state index in [1.165, 1.54) is 0 Å². The van der Waals surface area contributed by atoms with Crippen LogP contribution in [-0.4, -0.2) is 12.1 Å². The minimum atomic E-state index is -0.0534. The Balaban J connectivity index is 3.87. The molecule has 2 heteroatoms. The molecule has 0 aliphatic heterocycles. The molecule has 0 saturated heterocycles. The summed E-state index contributed by atoms with van der Waals surface area (Å²) in [6.07, 6.45) is 7.77. The summed E-state index contributed by atoms with van der Waals surface area (Å²) in [6, 6.07) is 0. The first-order chi connectivity index (χ1) is 7.99. The molecule has 0 atom stereocenters. The van der Waals surface area contributed by atoms with E-state index in [1.54, 1.807) is 0 Å². The number of rotatable bonds is 8. The van der Waals surface area contributed by atoms with E-state index in [0.29, 0.717) is 18.3 Å². The molecule has 2 nitrogen and oxygen atoms in total. The van der Waals surface area contributed by atoms with Crippen LogP contribution in [-0.2, 0) is 9.53 Å². The predicted molar refractivity (Wildman–Crippen MR) is 72.8 cm³/mol. The fourth-order valence-corrected chi connectivity index (χ4v) is 1.90. The van der Waals surface area contributed by atoms with Gasteiger partial charge in [0.2, 0.25) is 0 Å². The van der Waals surface area contributed by atoms with Crippen molar-refractivity contribution in [3.63, 3.8) is 0 Å². The molecule has 0 unspecified atom stereocenters. The Morgan fingerprint density at radius 2 is 1.71 bits per heavy atom. The number of carbonyl (C=O) groups excluding carboxylic acids is 1. The summed E-state index contributed by atoms with van der Waals surface area (Å²) in [7, 11) is 0. The van der Waals surface area contributed by atoms with Crippen LogP contribution in [0.25, 0.3) is 0 Å². The van der Waals surface area contributed by atoms with Gasteiger partial charge in [-0.15, -0.1) is 0 Å². The molecule has 0 rings (SSSR count). The molecule has 0 aliphatic rings. The predicted octanol–water partition coefficient (Wildman–Crippen LogP) is 4.35. The molecule has 0 saturated carbocycles. The number of hydrogen-bond acceptors (Lipinski definition) is 2. The second-order valence-corrected chi connectivity index (χ2v) is 5.21. The summed E-state index contributed by atoms with van der Waals surface area (Å²) < 4.78 is 5.52. The Bertz CT molecular complexity index is 221. The average molecular weight is 240 g/mol. The SMILES string of the molecule is CC/C=C/CCCC(=O)OC(C(C)C)C(C)C. The van der Waals surface area contributed by atoms with Gasteiger partial charge in [-0.1, -0.05) is 46.8 Å². The lowest BCUT2D eigenvalue weighted by Crippen LogP contribution is -2.28. The second kappa shape index (κ2) is 9.26. The topological polar surface area (TPSA) is 26.3 Å². The smallest absolute Gasteiger partial charge is 0.306 e. The van der Waals surface area contributed by atoms with Gasteiger partial charge in [0.05, 0.1) is 0 Å². The molecule has 0 heterocycles. The van der Waals surface area contributed by atoms with Crippen LogP contribution in [0.4, 0.5) is 0 Å². The van der Waals surface area contributed by atoms with E-state index in [0.717, 1.165) is 19.3 Å². The van der Waals surface area contributed by atoms with Crippen molar-refractivity contribution in [2.24, 2.45) is 11.8 Å². The molecule has 0 aromatic rings. The number of allylic oxidation sites excluding steroid dienone is 2. The number of hydrogen-bond donors (Lipinski definition) is 0. The van der Waals surface area contributed by atoms with E-state index < -0.39 is 0 Å². The number of unbranched alkanes of at least 4 members (excludes halogenated alkanes) is 1. The fourth-order valence-electron chi connectivity index (χ4n) is 1.90. The van der Waals surface area contributed by atoms with Crippen LogP contribution in [0, 0.1) is 11.8 Å². The summed E-state index contributed by atoms with van der Waals surface area (Å²) >= 11 is 0. The summed E-state index contributed by atoms with van der Waals surface area (Å²) in [5, 5.41) is 0. The highest BCUT2D eigenvalue weighted by Gasteiger charge is 2.21. The average Bonchev–Trinajstić information content (AvgIpc) is 2.24. The molecule has 0 spiro atoms. The molecule has 17 heavy (non-hydrogen) atoms. The maximum atomic E-state index is 11.6. The van der Waals surface area contributed by atoms with Crippen molar-refractivity contribution in [2.45, 2.75) is 66.4 Å². The first kappa shape index (κ1) is 16.2. The van der Waals surface area contributed by atoms with Gasteiger partial charge in [-0.2, -0.15) is 0 Å². The van der Waals surface area contributed by atoms with Gasteiger partial charge in [-0.3, -0.25) is 4.79 Å². The highest BCUT2D eigenvalue weighted by atomic mass is 16.5. The Kier molecular flexibility index (Phi) is 8.83. The molecule has 0 amide bonds. The Morgan fingerprint density at radius 3 is 2.18 bits per heavy atom. The second-order valence-electron chi connectivity index (χ2n) is 5.21. The van der Waals surface area contributed by atoms with Crippen LogP contribution in [0.3, 0.4) is 0 Å². The highest BCUT2D eigenvalue weighted by molar-refractivity contribution is 5.69. The van der Waals surface area contributed by atoms with Gasteiger partial charge >= 0.3 is 5.97 Å². The Morgan fingerprint density at radius 1 is 1.12 bits per heavy atom. The van der Waals surface area contributed by atoms with Crippen LogP contribution < -0.4 is 0 Å². The van der Waals surface area contributed by atoms with Gasteiger partial charge in [0.1, 0.15) is 6.10 Å². The van der Waals surface area contributed by atoms with E-state index in [1.807, 2.05) is 0 Å². The first-order valence-corrected chi connectivity index (χ1v) is 6.83. The Hall–Kier alpha value is -0.790. The van der Waals surface area contributed by atoms with Crippen molar-refractivity contribution in [3.8, 4) is 0 Å². The van der Waals surface area contributed by atoms with Crippen LogP contribution in [0.15, 0.2) is 12.2 Å². The van der Waals surface area contributed by atoms with E-state index in [-0.39, 0.29) is 12.1 Å². The van der Waals surface area contributed by atoms with Crippen LogP contribution >= 0.6 is 0 Å². The third-order valence-electron chi connectivity index (χ3n) is 2.74. The van der Waals surface area contributed by atoms with E-state index in [9.17, 15) is 4.79 Å². The van der Waals surface area contributed by atoms with Crippen molar-refractivity contribution in [1.82, 2.24) is 0 Å². The highest BCUT2D eigenvalue weighted by Crippen LogP contribution is 2.17. The summed E-state index contributed by atoms with van der Waals surface area (Å²) in [4.78, 5) is 11.6. The molecule has 0 bridgehead atoms. The largest absolute Gasteiger partial charge is 0.462 e. The lowest BCUT2D eigenvalue weighted by atomic mass is 9.96. The number of esters is 1. The lowest BCUT2D eigenvalue weighted by molar-refractivity contribution is -0.154. The van der Waals surface area contributed by atoms with Gasteiger partial charge in [0, 0.05) is 6.42 Å². The molecule has 100 valence electrons. The number of ether oxygens (including phenoxy) is 1. The summed E-state index contributed by atoms with van der Waals surface area (Å²) in [5.41, 5.74) is 0. The first-order valence-electron chi connectivity index (χ1n) is 6.83. The summed E-state index contributed by atoms with van der Waals surface area (Å²) in [5.74, 6) is 0.722. The molecule has 0 fully saturated rings. The van der Waals surface area contributed by atoms with E-state index >= 15 is 0 Å². The third-order valence-corrected chi connectivity index (χ3v) is 2.74. The minimum Gasteiger partial charge on any atom is -0.462 e. The molecule has 0 N–H and O–H groups in total. The Labute approximate surface area is 106 Å². The molecule has 0 aromatic carbocycles. The molecule has 0 aromatic heterocycles.